The number of carbonyl (C=O) groups excluding carboxylic acids is 4. The molecule has 166 valence electrons. The van der Waals surface area contributed by atoms with Crippen LogP contribution in [-0.2, 0) is 19.1 Å². The van der Waals surface area contributed by atoms with Crippen LogP contribution in [0.5, 0.6) is 11.5 Å². The lowest BCUT2D eigenvalue weighted by Crippen LogP contribution is -2.34. The number of benzene rings is 1. The highest BCUT2D eigenvalue weighted by Crippen LogP contribution is 2.34. The van der Waals surface area contributed by atoms with Crippen molar-refractivity contribution in [2.24, 2.45) is 0 Å². The molecule has 9 nitrogen and oxygen atoms in total. The van der Waals surface area contributed by atoms with E-state index in [1.54, 1.807) is 29.2 Å². The first kappa shape index (κ1) is 22.7. The number of hydrogen-bond acceptors (Lipinski definition) is 8. The van der Waals surface area contributed by atoms with Gasteiger partial charge in [0.15, 0.2) is 18.1 Å². The van der Waals surface area contributed by atoms with Crippen LogP contribution in [0.4, 0.5) is 4.79 Å². The fraction of sp³-hybridized carbons (Fsp3) is 0.429. The topological polar surface area (TPSA) is 102 Å². The standard InChI is InChI=1S/C21H24N2O7S/c1-3-29-16-10-14(6-7-15(16)30-13-18(24)22-8-4-5-9-22)11-17-20(26)23(21(27)31-17)12-19(25)28-2/h6-7,10-11H,3-5,8-9,12-13H2,1-2H3/b17-11-. The van der Waals surface area contributed by atoms with Gasteiger partial charge in [0.2, 0.25) is 0 Å². The van der Waals surface area contributed by atoms with Crippen LogP contribution in [-0.4, -0.2) is 72.8 Å². The van der Waals surface area contributed by atoms with Crippen molar-refractivity contribution < 1.29 is 33.4 Å². The molecule has 2 fully saturated rings. The maximum atomic E-state index is 12.5. The normalized spacial score (nSPS) is 17.4. The molecule has 0 atom stereocenters. The van der Waals surface area contributed by atoms with E-state index in [0.29, 0.717) is 23.7 Å². The zero-order chi connectivity index (χ0) is 22.4. The fourth-order valence-electron chi connectivity index (χ4n) is 3.18. The van der Waals surface area contributed by atoms with E-state index in [0.717, 1.165) is 42.6 Å². The summed E-state index contributed by atoms with van der Waals surface area (Å²) in [5.41, 5.74) is 0.616. The Morgan fingerprint density at radius 3 is 2.55 bits per heavy atom. The van der Waals surface area contributed by atoms with Gasteiger partial charge in [-0.3, -0.25) is 24.1 Å². The minimum atomic E-state index is -0.674. The summed E-state index contributed by atoms with van der Waals surface area (Å²) in [7, 11) is 1.19. The minimum absolute atomic E-state index is 0.0664. The van der Waals surface area contributed by atoms with Crippen LogP contribution in [0.2, 0.25) is 0 Å². The lowest BCUT2D eigenvalue weighted by atomic mass is 10.2. The molecule has 2 saturated heterocycles. The maximum Gasteiger partial charge on any atom is 0.325 e. The molecule has 2 heterocycles. The Bertz CT molecular complexity index is 909. The summed E-state index contributed by atoms with van der Waals surface area (Å²) in [4.78, 5) is 51.0. The second-order valence-electron chi connectivity index (χ2n) is 6.86. The Kier molecular flexibility index (Phi) is 7.56. The van der Waals surface area contributed by atoms with Crippen molar-refractivity contribution in [3.05, 3.63) is 28.7 Å². The highest BCUT2D eigenvalue weighted by molar-refractivity contribution is 8.18. The molecule has 0 aliphatic carbocycles. The maximum absolute atomic E-state index is 12.5. The average Bonchev–Trinajstić information content (AvgIpc) is 3.38. The van der Waals surface area contributed by atoms with Gasteiger partial charge < -0.3 is 19.1 Å². The summed E-state index contributed by atoms with van der Waals surface area (Å²) in [5, 5.41) is -0.535. The zero-order valence-electron chi connectivity index (χ0n) is 17.4. The van der Waals surface area contributed by atoms with Gasteiger partial charge in [-0.2, -0.15) is 0 Å². The monoisotopic (exact) mass is 448 g/mol. The third-order valence-corrected chi connectivity index (χ3v) is 5.67. The fourth-order valence-corrected chi connectivity index (χ4v) is 4.02. The molecule has 0 radical (unpaired) electrons. The summed E-state index contributed by atoms with van der Waals surface area (Å²) in [6, 6.07) is 5.03. The quantitative estimate of drug-likeness (QED) is 0.441. The molecular weight excluding hydrogens is 424 g/mol. The molecule has 31 heavy (non-hydrogen) atoms. The number of esters is 1. The second kappa shape index (κ2) is 10.3. The third-order valence-electron chi connectivity index (χ3n) is 4.76. The van der Waals surface area contributed by atoms with Gasteiger partial charge >= 0.3 is 5.97 Å². The van der Waals surface area contributed by atoms with Crippen LogP contribution < -0.4 is 9.47 Å². The first-order valence-electron chi connectivity index (χ1n) is 9.92. The summed E-state index contributed by atoms with van der Waals surface area (Å²) >= 11 is 0.749. The summed E-state index contributed by atoms with van der Waals surface area (Å²) in [6.45, 7) is 3.21. The molecule has 2 aliphatic heterocycles. The molecule has 0 saturated carbocycles. The molecule has 1 aromatic carbocycles. The molecule has 3 amide bonds. The van der Waals surface area contributed by atoms with Crippen molar-refractivity contribution in [1.29, 1.82) is 0 Å². The number of imide groups is 1. The molecule has 3 rings (SSSR count). The van der Waals surface area contributed by atoms with Crippen molar-refractivity contribution in [3.8, 4) is 11.5 Å². The van der Waals surface area contributed by atoms with E-state index >= 15 is 0 Å². The number of hydrogen-bond donors (Lipinski definition) is 0. The highest BCUT2D eigenvalue weighted by atomic mass is 32.2. The Morgan fingerprint density at radius 1 is 1.13 bits per heavy atom. The molecule has 10 heteroatoms. The molecule has 0 aromatic heterocycles. The third kappa shape index (κ3) is 5.57. The number of rotatable bonds is 8. The van der Waals surface area contributed by atoms with Crippen molar-refractivity contribution in [3.63, 3.8) is 0 Å². The van der Waals surface area contributed by atoms with Gasteiger partial charge in [-0.05, 0) is 55.3 Å². The van der Waals surface area contributed by atoms with Crippen LogP contribution in [0.15, 0.2) is 23.1 Å². The number of thioether (sulfide) groups is 1. The van der Waals surface area contributed by atoms with E-state index in [2.05, 4.69) is 4.74 Å². The van der Waals surface area contributed by atoms with Gasteiger partial charge in [0.05, 0.1) is 18.6 Å². The zero-order valence-corrected chi connectivity index (χ0v) is 18.2. The lowest BCUT2D eigenvalue weighted by Gasteiger charge is -2.17. The van der Waals surface area contributed by atoms with E-state index in [4.69, 9.17) is 9.47 Å². The van der Waals surface area contributed by atoms with Crippen molar-refractivity contribution in [2.45, 2.75) is 19.8 Å². The number of amides is 3. The molecule has 0 bridgehead atoms. The van der Waals surface area contributed by atoms with Gasteiger partial charge in [-0.25, -0.2) is 0 Å². The molecule has 2 aliphatic rings. The average molecular weight is 448 g/mol. The van der Waals surface area contributed by atoms with Crippen LogP contribution in [0.1, 0.15) is 25.3 Å². The predicted octanol–water partition coefficient (Wildman–Crippen LogP) is 2.30. The number of likely N-dealkylation sites (tertiary alicyclic amines) is 1. The number of carbonyl (C=O) groups is 4. The van der Waals surface area contributed by atoms with Gasteiger partial charge in [-0.15, -0.1) is 0 Å². The molecular formula is C21H24N2O7S. The molecule has 0 unspecified atom stereocenters. The van der Waals surface area contributed by atoms with E-state index < -0.39 is 23.7 Å². The molecule has 0 N–H and O–H groups in total. The Labute approximate surface area is 184 Å². The van der Waals surface area contributed by atoms with Crippen LogP contribution in [0, 0.1) is 0 Å². The van der Waals surface area contributed by atoms with Gasteiger partial charge in [-0.1, -0.05) is 6.07 Å². The lowest BCUT2D eigenvalue weighted by molar-refractivity contribution is -0.143. The van der Waals surface area contributed by atoms with Crippen molar-refractivity contribution >= 4 is 40.9 Å². The number of methoxy groups -OCH3 is 1. The van der Waals surface area contributed by atoms with Crippen molar-refractivity contribution in [1.82, 2.24) is 9.80 Å². The number of ether oxygens (including phenoxy) is 3. The van der Waals surface area contributed by atoms with E-state index in [9.17, 15) is 19.2 Å². The highest BCUT2D eigenvalue weighted by Gasteiger charge is 2.36. The van der Waals surface area contributed by atoms with Crippen LogP contribution in [0.25, 0.3) is 6.08 Å². The summed E-state index contributed by atoms with van der Waals surface area (Å²) < 4.78 is 15.8. The van der Waals surface area contributed by atoms with Gasteiger partial charge in [0.25, 0.3) is 17.1 Å². The summed E-state index contributed by atoms with van der Waals surface area (Å²) in [6.07, 6.45) is 3.56. The van der Waals surface area contributed by atoms with Crippen molar-refractivity contribution in [2.75, 3.05) is 40.0 Å². The smallest absolute Gasteiger partial charge is 0.325 e. The summed E-state index contributed by atoms with van der Waals surface area (Å²) in [5.74, 6) is -0.449. The van der Waals surface area contributed by atoms with E-state index in [1.807, 2.05) is 6.92 Å². The minimum Gasteiger partial charge on any atom is -0.490 e. The Hall–Kier alpha value is -3.01. The Balaban J connectivity index is 1.72. The SMILES string of the molecule is CCOc1cc(/C=C2\SC(=O)N(CC(=O)OC)C2=O)ccc1OCC(=O)N1CCCC1. The van der Waals surface area contributed by atoms with E-state index in [-0.39, 0.29) is 17.4 Å². The van der Waals surface area contributed by atoms with Crippen LogP contribution >= 0.6 is 11.8 Å². The second-order valence-corrected chi connectivity index (χ2v) is 7.85. The Morgan fingerprint density at radius 2 is 1.87 bits per heavy atom. The first-order chi connectivity index (χ1) is 14.9. The predicted molar refractivity (Wildman–Crippen MR) is 114 cm³/mol. The largest absolute Gasteiger partial charge is 0.490 e. The first-order valence-corrected chi connectivity index (χ1v) is 10.7. The molecule has 1 aromatic rings. The van der Waals surface area contributed by atoms with Gasteiger partial charge in [0.1, 0.15) is 6.54 Å². The molecule has 0 spiro atoms. The van der Waals surface area contributed by atoms with E-state index in [1.165, 1.54) is 7.11 Å². The van der Waals surface area contributed by atoms with Gasteiger partial charge in [0, 0.05) is 13.1 Å². The van der Waals surface area contributed by atoms with Crippen LogP contribution in [0.3, 0.4) is 0 Å². The number of nitrogens with zero attached hydrogens (tertiary/aromatic N) is 2.